The van der Waals surface area contributed by atoms with Crippen LogP contribution in [0.1, 0.15) is 11.1 Å². The maximum Gasteiger partial charge on any atom is 0.145 e. The summed E-state index contributed by atoms with van der Waals surface area (Å²) >= 11 is 0. The highest BCUT2D eigenvalue weighted by atomic mass is 32.2. The van der Waals surface area contributed by atoms with Gasteiger partial charge in [-0.05, 0) is 18.2 Å². The minimum Gasteiger partial charge on any atom is -0.398 e. The second-order valence-corrected chi connectivity index (χ2v) is 5.34. The van der Waals surface area contributed by atoms with Crippen molar-refractivity contribution in [3.63, 3.8) is 0 Å². The molecule has 3 nitrogen and oxygen atoms in total. The van der Waals surface area contributed by atoms with Crippen molar-refractivity contribution in [2.45, 2.75) is 10.6 Å². The van der Waals surface area contributed by atoms with Crippen molar-refractivity contribution in [3.05, 3.63) is 59.4 Å². The van der Waals surface area contributed by atoms with Crippen molar-refractivity contribution in [2.75, 3.05) is 5.73 Å². The van der Waals surface area contributed by atoms with E-state index >= 15 is 0 Å². The Kier molecular flexibility index (Phi) is 3.93. The van der Waals surface area contributed by atoms with Crippen LogP contribution in [0, 0.1) is 17.1 Å². The summed E-state index contributed by atoms with van der Waals surface area (Å²) in [6.45, 7) is 0. The van der Waals surface area contributed by atoms with Crippen molar-refractivity contribution < 1.29 is 8.60 Å². The van der Waals surface area contributed by atoms with Gasteiger partial charge in [0.2, 0.25) is 0 Å². The lowest BCUT2D eigenvalue weighted by Gasteiger charge is -2.07. The van der Waals surface area contributed by atoms with E-state index in [-0.39, 0.29) is 16.9 Å². The molecular weight excluding hydrogens is 263 g/mol. The molecule has 1 unspecified atom stereocenters. The van der Waals surface area contributed by atoms with E-state index in [1.54, 1.807) is 36.4 Å². The number of hydrogen-bond acceptors (Lipinski definition) is 3. The molecule has 2 N–H and O–H groups in total. The zero-order valence-electron chi connectivity index (χ0n) is 9.97. The third-order valence-corrected chi connectivity index (χ3v) is 4.09. The van der Waals surface area contributed by atoms with Crippen LogP contribution >= 0.6 is 0 Å². The Bertz CT molecular complexity index is 679. The number of nitrogen functional groups attached to an aromatic ring is 1. The molecule has 0 spiro atoms. The first-order valence-electron chi connectivity index (χ1n) is 5.54. The number of nitrogens with two attached hydrogens (primary N) is 1. The molecule has 2 aromatic rings. The van der Waals surface area contributed by atoms with E-state index in [9.17, 15) is 8.60 Å². The zero-order chi connectivity index (χ0) is 13.8. The Morgan fingerprint density at radius 2 is 1.95 bits per heavy atom. The summed E-state index contributed by atoms with van der Waals surface area (Å²) in [4.78, 5) is 0.476. The summed E-state index contributed by atoms with van der Waals surface area (Å²) in [6, 6.07) is 13.0. The van der Waals surface area contributed by atoms with E-state index in [4.69, 9.17) is 11.0 Å². The molecule has 0 aliphatic rings. The third kappa shape index (κ3) is 2.80. The van der Waals surface area contributed by atoms with Gasteiger partial charge in [0.25, 0.3) is 0 Å². The van der Waals surface area contributed by atoms with Gasteiger partial charge in [-0.2, -0.15) is 5.26 Å². The van der Waals surface area contributed by atoms with Crippen LogP contribution in [0.15, 0.2) is 47.4 Å². The summed E-state index contributed by atoms with van der Waals surface area (Å²) in [5, 5.41) is 8.75. The molecular formula is C14H11FN2OS. The lowest BCUT2D eigenvalue weighted by Crippen LogP contribution is -2.03. The summed E-state index contributed by atoms with van der Waals surface area (Å²) in [6.07, 6.45) is 0. The van der Waals surface area contributed by atoms with Crippen LogP contribution in [0.2, 0.25) is 0 Å². The molecule has 0 amide bonds. The number of nitrogens with zero attached hydrogens (tertiary/aromatic N) is 1. The van der Waals surface area contributed by atoms with Gasteiger partial charge in [-0.1, -0.05) is 24.3 Å². The number of halogens is 1. The van der Waals surface area contributed by atoms with Crippen LogP contribution in [-0.2, 0) is 16.6 Å². The maximum absolute atomic E-state index is 13.9. The van der Waals surface area contributed by atoms with Crippen LogP contribution in [-0.4, -0.2) is 4.21 Å². The van der Waals surface area contributed by atoms with Gasteiger partial charge in [-0.3, -0.25) is 4.21 Å². The molecule has 2 rings (SSSR count). The number of benzene rings is 2. The number of nitriles is 1. The number of anilines is 1. The molecule has 0 bridgehead atoms. The Hall–Kier alpha value is -2.19. The van der Waals surface area contributed by atoms with Gasteiger partial charge >= 0.3 is 0 Å². The standard InChI is InChI=1S/C14H11FN2OS/c15-14-10(8-16)4-3-5-11(14)9-19(18)13-7-2-1-6-12(13)17/h1-7H,9,17H2. The molecule has 2 aromatic carbocycles. The molecule has 5 heteroatoms. The highest BCUT2D eigenvalue weighted by molar-refractivity contribution is 7.84. The smallest absolute Gasteiger partial charge is 0.145 e. The molecule has 19 heavy (non-hydrogen) atoms. The van der Waals surface area contributed by atoms with Crippen LogP contribution in [0.5, 0.6) is 0 Å². The predicted molar refractivity (Wildman–Crippen MR) is 72.1 cm³/mol. The second-order valence-electron chi connectivity index (χ2n) is 3.92. The fourth-order valence-corrected chi connectivity index (χ4v) is 2.91. The highest BCUT2D eigenvalue weighted by Gasteiger charge is 2.13. The van der Waals surface area contributed by atoms with Crippen molar-refractivity contribution in [1.29, 1.82) is 5.26 Å². The fraction of sp³-hybridized carbons (Fsp3) is 0.0714. The Balaban J connectivity index is 2.31. The van der Waals surface area contributed by atoms with Crippen molar-refractivity contribution in [2.24, 2.45) is 0 Å². The average Bonchev–Trinajstić information content (AvgIpc) is 2.41. The zero-order valence-corrected chi connectivity index (χ0v) is 10.8. The van der Waals surface area contributed by atoms with Gasteiger partial charge < -0.3 is 5.73 Å². The molecule has 0 aliphatic heterocycles. The second kappa shape index (κ2) is 5.63. The molecule has 0 heterocycles. The largest absolute Gasteiger partial charge is 0.398 e. The lowest BCUT2D eigenvalue weighted by molar-refractivity contribution is 0.611. The van der Waals surface area contributed by atoms with Gasteiger partial charge in [0.05, 0.1) is 27.0 Å². The number of hydrogen-bond donors (Lipinski definition) is 1. The van der Waals surface area contributed by atoms with Gasteiger partial charge in [0, 0.05) is 11.3 Å². The van der Waals surface area contributed by atoms with E-state index in [1.165, 1.54) is 12.1 Å². The van der Waals surface area contributed by atoms with E-state index in [2.05, 4.69) is 0 Å². The maximum atomic E-state index is 13.9. The first-order valence-corrected chi connectivity index (χ1v) is 6.85. The molecule has 0 aromatic heterocycles. The third-order valence-electron chi connectivity index (χ3n) is 2.65. The molecule has 96 valence electrons. The monoisotopic (exact) mass is 274 g/mol. The van der Waals surface area contributed by atoms with Crippen LogP contribution in [0.25, 0.3) is 0 Å². The van der Waals surface area contributed by atoms with Crippen molar-refractivity contribution in [3.8, 4) is 6.07 Å². The first-order chi connectivity index (χ1) is 9.13. The Morgan fingerprint density at radius 1 is 1.21 bits per heavy atom. The quantitative estimate of drug-likeness (QED) is 0.875. The molecule has 0 saturated carbocycles. The predicted octanol–water partition coefficient (Wildman–Crippen LogP) is 2.59. The van der Waals surface area contributed by atoms with Crippen LogP contribution < -0.4 is 5.73 Å². The molecule has 1 atom stereocenters. The Morgan fingerprint density at radius 3 is 2.63 bits per heavy atom. The molecule has 0 aliphatic carbocycles. The minimum absolute atomic E-state index is 0.00440. The molecule has 0 fully saturated rings. The van der Waals surface area contributed by atoms with E-state index in [0.29, 0.717) is 10.6 Å². The summed E-state index contributed by atoms with van der Waals surface area (Å²) in [5.41, 5.74) is 6.35. The van der Waals surface area contributed by atoms with Crippen LogP contribution in [0.3, 0.4) is 0 Å². The summed E-state index contributed by atoms with van der Waals surface area (Å²) in [7, 11) is -1.44. The van der Waals surface area contributed by atoms with Crippen LogP contribution in [0.4, 0.5) is 10.1 Å². The SMILES string of the molecule is N#Cc1cccc(CS(=O)c2ccccc2N)c1F. The highest BCUT2D eigenvalue weighted by Crippen LogP contribution is 2.21. The fourth-order valence-electron chi connectivity index (χ4n) is 1.68. The van der Waals surface area contributed by atoms with Crippen molar-refractivity contribution in [1.82, 2.24) is 0 Å². The Labute approximate surface area is 112 Å². The summed E-state index contributed by atoms with van der Waals surface area (Å²) in [5.74, 6) is -0.622. The van der Waals surface area contributed by atoms with Gasteiger partial charge in [0.15, 0.2) is 0 Å². The van der Waals surface area contributed by atoms with E-state index in [1.807, 2.05) is 0 Å². The molecule has 0 saturated heterocycles. The van der Waals surface area contributed by atoms with E-state index < -0.39 is 16.6 Å². The number of rotatable bonds is 3. The lowest BCUT2D eigenvalue weighted by atomic mass is 10.1. The van der Waals surface area contributed by atoms with Gasteiger partial charge in [-0.15, -0.1) is 0 Å². The minimum atomic E-state index is -1.44. The van der Waals surface area contributed by atoms with E-state index in [0.717, 1.165) is 0 Å². The first kappa shape index (κ1) is 13.2. The average molecular weight is 274 g/mol. The van der Waals surface area contributed by atoms with Gasteiger partial charge in [-0.25, -0.2) is 4.39 Å². The normalized spacial score (nSPS) is 11.8. The van der Waals surface area contributed by atoms with Crippen molar-refractivity contribution >= 4 is 16.5 Å². The molecule has 0 radical (unpaired) electrons. The number of para-hydroxylation sites is 1. The summed E-state index contributed by atoms with van der Waals surface area (Å²) < 4.78 is 26.0. The topological polar surface area (TPSA) is 66.9 Å². The van der Waals surface area contributed by atoms with Gasteiger partial charge in [0.1, 0.15) is 11.9 Å².